The van der Waals surface area contributed by atoms with Crippen molar-refractivity contribution in [1.29, 1.82) is 0 Å². The molecule has 0 bridgehead atoms. The van der Waals surface area contributed by atoms with Crippen molar-refractivity contribution < 1.29 is 9.59 Å². The van der Waals surface area contributed by atoms with Crippen LogP contribution in [0.3, 0.4) is 0 Å². The lowest BCUT2D eigenvalue weighted by Crippen LogP contribution is -2.54. The van der Waals surface area contributed by atoms with Gasteiger partial charge >= 0.3 is 0 Å². The fourth-order valence-electron chi connectivity index (χ4n) is 3.69. The molecule has 3 atom stereocenters. The van der Waals surface area contributed by atoms with Crippen LogP contribution in [0.25, 0.3) is 0 Å². The molecule has 20 heavy (non-hydrogen) atoms. The summed E-state index contributed by atoms with van der Waals surface area (Å²) < 4.78 is 0. The molecule has 1 aliphatic carbocycles. The Morgan fingerprint density at radius 2 is 2.15 bits per heavy atom. The number of piperidine rings is 1. The summed E-state index contributed by atoms with van der Waals surface area (Å²) in [5, 5.41) is 2.99. The average molecular weight is 280 g/mol. The largest absolute Gasteiger partial charge is 0.355 e. The summed E-state index contributed by atoms with van der Waals surface area (Å²) in [6.07, 6.45) is 7.15. The van der Waals surface area contributed by atoms with Gasteiger partial charge in [-0.05, 0) is 45.6 Å². The predicted octanol–water partition coefficient (Wildman–Crippen LogP) is 2.12. The van der Waals surface area contributed by atoms with E-state index in [-0.39, 0.29) is 17.9 Å². The second-order valence-corrected chi connectivity index (χ2v) is 6.23. The molecule has 0 radical (unpaired) electrons. The molecule has 0 aromatic heterocycles. The summed E-state index contributed by atoms with van der Waals surface area (Å²) in [5.41, 5.74) is 0. The first-order chi connectivity index (χ1) is 9.65. The maximum absolute atomic E-state index is 12.2. The highest BCUT2D eigenvalue weighted by Crippen LogP contribution is 2.33. The monoisotopic (exact) mass is 280 g/mol. The molecule has 1 heterocycles. The van der Waals surface area contributed by atoms with Gasteiger partial charge in [-0.3, -0.25) is 14.5 Å². The van der Waals surface area contributed by atoms with Crippen molar-refractivity contribution in [3.63, 3.8) is 0 Å². The molecule has 2 aliphatic rings. The number of nitrogens with one attached hydrogen (secondary N) is 1. The lowest BCUT2D eigenvalue weighted by molar-refractivity contribution is -0.131. The third-order valence-corrected chi connectivity index (χ3v) is 4.83. The van der Waals surface area contributed by atoms with Crippen molar-refractivity contribution in [3.05, 3.63) is 0 Å². The minimum Gasteiger partial charge on any atom is -0.355 e. The summed E-state index contributed by atoms with van der Waals surface area (Å²) in [6.45, 7) is 5.74. The highest BCUT2D eigenvalue weighted by Gasteiger charge is 2.39. The van der Waals surface area contributed by atoms with E-state index in [9.17, 15) is 9.59 Å². The molecule has 0 spiro atoms. The van der Waals surface area contributed by atoms with Crippen molar-refractivity contribution in [2.45, 2.75) is 70.9 Å². The van der Waals surface area contributed by atoms with Crippen LogP contribution >= 0.6 is 0 Å². The zero-order chi connectivity index (χ0) is 14.5. The number of rotatable bonds is 5. The van der Waals surface area contributed by atoms with Crippen molar-refractivity contribution in [2.75, 3.05) is 13.1 Å². The van der Waals surface area contributed by atoms with Gasteiger partial charge < -0.3 is 5.32 Å². The number of Topliss-reactive ketones (excluding diaryl/α,β-unsaturated/α-hetero) is 1. The first-order valence-corrected chi connectivity index (χ1v) is 8.21. The number of carbonyl (C=O) groups is 2. The fraction of sp³-hybridized carbons (Fsp3) is 0.875. The van der Waals surface area contributed by atoms with Gasteiger partial charge in [0.05, 0.1) is 6.04 Å². The first kappa shape index (κ1) is 15.5. The van der Waals surface area contributed by atoms with Crippen LogP contribution in [0, 0.1) is 5.92 Å². The molecule has 1 saturated heterocycles. The smallest absolute Gasteiger partial charge is 0.237 e. The van der Waals surface area contributed by atoms with E-state index in [1.807, 2.05) is 6.92 Å². The van der Waals surface area contributed by atoms with Gasteiger partial charge in [0.15, 0.2) is 0 Å². The molecule has 0 aromatic rings. The Morgan fingerprint density at radius 3 is 2.80 bits per heavy atom. The minimum absolute atomic E-state index is 0.111. The topological polar surface area (TPSA) is 49.4 Å². The second kappa shape index (κ2) is 7.21. The van der Waals surface area contributed by atoms with E-state index in [1.54, 1.807) is 0 Å². The van der Waals surface area contributed by atoms with E-state index in [2.05, 4.69) is 17.1 Å². The van der Waals surface area contributed by atoms with Crippen LogP contribution in [0.4, 0.5) is 0 Å². The van der Waals surface area contributed by atoms with Crippen LogP contribution in [0.5, 0.6) is 0 Å². The molecule has 1 amide bonds. The van der Waals surface area contributed by atoms with E-state index >= 15 is 0 Å². The maximum Gasteiger partial charge on any atom is 0.237 e. The standard InChI is InChI=1S/C16H28N2O2/c1-3-10-17-16(20)12(2)18-11-5-4-8-14(18)13-7-6-9-15(13)19/h12-14H,3-11H2,1-2H3,(H,17,20). The third kappa shape index (κ3) is 3.40. The average Bonchev–Trinajstić information content (AvgIpc) is 2.90. The predicted molar refractivity (Wildman–Crippen MR) is 79.5 cm³/mol. The Bertz CT molecular complexity index is 356. The van der Waals surface area contributed by atoms with Gasteiger partial charge in [-0.1, -0.05) is 13.3 Å². The lowest BCUT2D eigenvalue weighted by atomic mass is 9.87. The summed E-state index contributed by atoms with van der Waals surface area (Å²) >= 11 is 0. The van der Waals surface area contributed by atoms with Gasteiger partial charge in [0, 0.05) is 24.9 Å². The molecule has 1 aliphatic heterocycles. The van der Waals surface area contributed by atoms with Crippen LogP contribution in [-0.4, -0.2) is 41.8 Å². The number of amides is 1. The van der Waals surface area contributed by atoms with Crippen LogP contribution in [0.15, 0.2) is 0 Å². The van der Waals surface area contributed by atoms with Crippen molar-refractivity contribution in [1.82, 2.24) is 10.2 Å². The van der Waals surface area contributed by atoms with E-state index in [1.165, 1.54) is 6.42 Å². The van der Waals surface area contributed by atoms with E-state index in [4.69, 9.17) is 0 Å². The fourth-order valence-corrected chi connectivity index (χ4v) is 3.69. The Kier molecular flexibility index (Phi) is 5.58. The molecule has 114 valence electrons. The minimum atomic E-state index is -0.111. The van der Waals surface area contributed by atoms with Crippen molar-refractivity contribution >= 4 is 11.7 Å². The van der Waals surface area contributed by atoms with Crippen molar-refractivity contribution in [3.8, 4) is 0 Å². The number of hydrogen-bond donors (Lipinski definition) is 1. The van der Waals surface area contributed by atoms with Gasteiger partial charge in [0.1, 0.15) is 5.78 Å². The third-order valence-electron chi connectivity index (χ3n) is 4.83. The summed E-state index contributed by atoms with van der Waals surface area (Å²) in [7, 11) is 0. The maximum atomic E-state index is 12.2. The van der Waals surface area contributed by atoms with Crippen LogP contribution in [0.1, 0.15) is 58.8 Å². The highest BCUT2D eigenvalue weighted by atomic mass is 16.2. The first-order valence-electron chi connectivity index (χ1n) is 8.21. The molecule has 3 unspecified atom stereocenters. The molecule has 4 heteroatoms. The highest BCUT2D eigenvalue weighted by molar-refractivity contribution is 5.84. The van der Waals surface area contributed by atoms with E-state index < -0.39 is 0 Å². The normalized spacial score (nSPS) is 29.4. The zero-order valence-corrected chi connectivity index (χ0v) is 12.9. The Labute approximate surface area is 122 Å². The van der Waals surface area contributed by atoms with Gasteiger partial charge in [0.25, 0.3) is 0 Å². The number of likely N-dealkylation sites (tertiary alicyclic amines) is 1. The van der Waals surface area contributed by atoms with Gasteiger partial charge in [-0.2, -0.15) is 0 Å². The Morgan fingerprint density at radius 1 is 1.35 bits per heavy atom. The summed E-state index contributed by atoms with van der Waals surface area (Å²) in [4.78, 5) is 26.6. The zero-order valence-electron chi connectivity index (χ0n) is 12.9. The number of nitrogens with zero attached hydrogens (tertiary/aromatic N) is 1. The Balaban J connectivity index is 2.02. The lowest BCUT2D eigenvalue weighted by Gasteiger charge is -2.41. The van der Waals surface area contributed by atoms with Crippen molar-refractivity contribution in [2.24, 2.45) is 5.92 Å². The molecular formula is C16H28N2O2. The van der Waals surface area contributed by atoms with Crippen LogP contribution in [-0.2, 0) is 9.59 Å². The second-order valence-electron chi connectivity index (χ2n) is 6.23. The molecule has 2 rings (SSSR count). The van der Waals surface area contributed by atoms with Gasteiger partial charge in [-0.15, -0.1) is 0 Å². The van der Waals surface area contributed by atoms with Gasteiger partial charge in [0.2, 0.25) is 5.91 Å². The SMILES string of the molecule is CCCNC(=O)C(C)N1CCCCC1C1CCCC1=O. The molecule has 0 aromatic carbocycles. The van der Waals surface area contributed by atoms with Crippen LogP contribution < -0.4 is 5.32 Å². The Hall–Kier alpha value is -0.900. The van der Waals surface area contributed by atoms with Crippen LogP contribution in [0.2, 0.25) is 0 Å². The van der Waals surface area contributed by atoms with E-state index in [0.29, 0.717) is 11.8 Å². The molecular weight excluding hydrogens is 252 g/mol. The summed E-state index contributed by atoms with van der Waals surface area (Å²) in [5.74, 6) is 0.712. The number of carbonyl (C=O) groups excluding carboxylic acids is 2. The van der Waals surface area contributed by atoms with E-state index in [0.717, 1.165) is 51.6 Å². The molecule has 1 saturated carbocycles. The molecule has 4 nitrogen and oxygen atoms in total. The number of ketones is 1. The molecule has 2 fully saturated rings. The molecule has 1 N–H and O–H groups in total. The quantitative estimate of drug-likeness (QED) is 0.839. The summed E-state index contributed by atoms with van der Waals surface area (Å²) in [6, 6.07) is 0.182. The number of hydrogen-bond acceptors (Lipinski definition) is 3. The van der Waals surface area contributed by atoms with Gasteiger partial charge in [-0.25, -0.2) is 0 Å².